The molecule has 314 valence electrons. The van der Waals surface area contributed by atoms with E-state index < -0.39 is 5.41 Å². The van der Waals surface area contributed by atoms with E-state index in [1.807, 2.05) is 0 Å². The first-order valence-electron chi connectivity index (χ1n) is 23.3. The molecule has 3 aliphatic carbocycles. The summed E-state index contributed by atoms with van der Waals surface area (Å²) < 4.78 is 13.9. The second-order valence-corrected chi connectivity index (χ2v) is 19.1. The van der Waals surface area contributed by atoms with Gasteiger partial charge in [-0.15, -0.1) is 0 Å². The summed E-state index contributed by atoms with van der Waals surface area (Å²) in [7, 11) is 0. The van der Waals surface area contributed by atoms with Crippen molar-refractivity contribution in [3.8, 4) is 44.5 Å². The predicted molar refractivity (Wildman–Crippen MR) is 275 cm³/mol. The van der Waals surface area contributed by atoms with Crippen molar-refractivity contribution in [3.63, 3.8) is 0 Å². The quantitative estimate of drug-likeness (QED) is 0.177. The molecule has 1 spiro atoms. The van der Waals surface area contributed by atoms with Crippen molar-refractivity contribution in [2.45, 2.75) is 24.7 Å². The molecule has 3 aliphatic rings. The molecule has 2 heterocycles. The van der Waals surface area contributed by atoms with Crippen molar-refractivity contribution in [1.82, 2.24) is 0 Å². The van der Waals surface area contributed by atoms with Crippen LogP contribution in [0.25, 0.3) is 88.4 Å². The summed E-state index contributed by atoms with van der Waals surface area (Å²) in [5.41, 5.74) is 23.8. The highest BCUT2D eigenvalue weighted by atomic mass is 16.3. The third kappa shape index (κ3) is 4.75. The highest BCUT2D eigenvalue weighted by molar-refractivity contribution is 6.19. The van der Waals surface area contributed by atoms with E-state index in [2.05, 4.69) is 231 Å². The van der Waals surface area contributed by atoms with E-state index >= 15 is 0 Å². The number of anilines is 3. The monoisotopic (exact) mass is 855 g/mol. The van der Waals surface area contributed by atoms with Gasteiger partial charge in [-0.05, 0) is 126 Å². The van der Waals surface area contributed by atoms with Crippen molar-refractivity contribution < 1.29 is 8.83 Å². The van der Waals surface area contributed by atoms with E-state index in [0.29, 0.717) is 0 Å². The molecule has 10 aromatic carbocycles. The van der Waals surface area contributed by atoms with Gasteiger partial charge in [-0.25, -0.2) is 0 Å². The summed E-state index contributed by atoms with van der Waals surface area (Å²) >= 11 is 0. The second-order valence-electron chi connectivity index (χ2n) is 19.1. The standard InChI is InChI=1S/C64H41NO2/c1-63(2)51-24-10-6-18-42(51)46-32-30-39(34-55(46)63)65(40-31-33-47-45-21-9-13-27-54(45)64(56(47)35-40)52-25-11-7-19-43(52)44-20-8-12-26-53(44)64)57-28-14-23-48-49-36-60-50(37-59(49)67-62(48)57)61-41(22-15-29-58(61)66-60)38-16-4-3-5-17-38/h3-37H,1-2H3. The maximum Gasteiger partial charge on any atom is 0.159 e. The molecular weight excluding hydrogens is 815 g/mol. The van der Waals surface area contributed by atoms with E-state index in [9.17, 15) is 0 Å². The fraction of sp³-hybridized carbons (Fsp3) is 0.0625. The molecular formula is C64H41NO2. The van der Waals surface area contributed by atoms with Crippen molar-refractivity contribution in [2.24, 2.45) is 0 Å². The number of rotatable bonds is 4. The number of benzene rings is 10. The van der Waals surface area contributed by atoms with Crippen LogP contribution < -0.4 is 4.90 Å². The fourth-order valence-electron chi connectivity index (χ4n) is 12.6. The Labute approximate surface area is 387 Å². The molecule has 0 fully saturated rings. The molecule has 15 rings (SSSR count). The first-order valence-corrected chi connectivity index (χ1v) is 23.3. The molecule has 0 saturated carbocycles. The topological polar surface area (TPSA) is 29.5 Å². The van der Waals surface area contributed by atoms with Gasteiger partial charge in [-0.3, -0.25) is 0 Å². The maximum atomic E-state index is 7.21. The number of hydrogen-bond acceptors (Lipinski definition) is 3. The summed E-state index contributed by atoms with van der Waals surface area (Å²) in [5.74, 6) is 0. The molecule has 2 aromatic heterocycles. The minimum absolute atomic E-state index is 0.185. The van der Waals surface area contributed by atoms with Gasteiger partial charge >= 0.3 is 0 Å². The minimum atomic E-state index is -0.483. The van der Waals surface area contributed by atoms with Gasteiger partial charge in [0, 0.05) is 38.3 Å². The Hall–Kier alpha value is -8.40. The van der Waals surface area contributed by atoms with E-state index in [4.69, 9.17) is 8.83 Å². The third-order valence-electron chi connectivity index (χ3n) is 15.5. The average Bonchev–Trinajstić information content (AvgIpc) is 4.15. The van der Waals surface area contributed by atoms with Crippen LogP contribution in [0.2, 0.25) is 0 Å². The zero-order valence-electron chi connectivity index (χ0n) is 37.0. The Kier molecular flexibility index (Phi) is 7.22. The average molecular weight is 856 g/mol. The van der Waals surface area contributed by atoms with Crippen LogP contribution in [0, 0.1) is 0 Å². The number of furan rings is 2. The SMILES string of the molecule is CC1(C)c2ccccc2-c2ccc(N(c3ccc4c(c3)C3(c5ccccc5-c5ccccc53)c3ccccc3-4)c3cccc4c3oc3cc5c(cc34)oc3cccc(-c4ccccc4)c35)cc21. The van der Waals surface area contributed by atoms with Crippen LogP contribution in [-0.2, 0) is 10.8 Å². The van der Waals surface area contributed by atoms with Crippen LogP contribution in [0.5, 0.6) is 0 Å². The van der Waals surface area contributed by atoms with Crippen LogP contribution in [0.1, 0.15) is 47.2 Å². The Morgan fingerprint density at radius 2 is 0.851 bits per heavy atom. The molecule has 3 nitrogen and oxygen atoms in total. The Morgan fingerprint density at radius 3 is 1.52 bits per heavy atom. The predicted octanol–water partition coefficient (Wildman–Crippen LogP) is 17.3. The molecule has 0 unspecified atom stereocenters. The first-order chi connectivity index (χ1) is 33.0. The molecule has 0 aliphatic heterocycles. The molecule has 3 heteroatoms. The van der Waals surface area contributed by atoms with Gasteiger partial charge < -0.3 is 13.7 Å². The third-order valence-corrected chi connectivity index (χ3v) is 15.5. The molecule has 0 radical (unpaired) electrons. The molecule has 0 amide bonds. The summed E-state index contributed by atoms with van der Waals surface area (Å²) in [4.78, 5) is 2.45. The normalized spacial score (nSPS) is 14.4. The summed E-state index contributed by atoms with van der Waals surface area (Å²) in [6, 6.07) is 78.1. The lowest BCUT2D eigenvalue weighted by Crippen LogP contribution is -2.26. The van der Waals surface area contributed by atoms with Crippen LogP contribution in [-0.4, -0.2) is 0 Å². The van der Waals surface area contributed by atoms with Gasteiger partial charge in [0.1, 0.15) is 16.7 Å². The lowest BCUT2D eigenvalue weighted by molar-refractivity contribution is 0.660. The van der Waals surface area contributed by atoms with Crippen molar-refractivity contribution in [2.75, 3.05) is 4.90 Å². The van der Waals surface area contributed by atoms with Crippen LogP contribution in [0.3, 0.4) is 0 Å². The number of hydrogen-bond donors (Lipinski definition) is 0. The molecule has 0 N–H and O–H groups in total. The molecule has 12 aromatic rings. The van der Waals surface area contributed by atoms with Gasteiger partial charge in [0.25, 0.3) is 0 Å². The maximum absolute atomic E-state index is 7.21. The van der Waals surface area contributed by atoms with Gasteiger partial charge in [0.15, 0.2) is 5.58 Å². The fourth-order valence-corrected chi connectivity index (χ4v) is 12.6. The minimum Gasteiger partial charge on any atom is -0.456 e. The van der Waals surface area contributed by atoms with Crippen molar-refractivity contribution in [3.05, 3.63) is 246 Å². The van der Waals surface area contributed by atoms with E-state index in [1.54, 1.807) is 0 Å². The zero-order chi connectivity index (χ0) is 44.2. The van der Waals surface area contributed by atoms with Crippen LogP contribution in [0.4, 0.5) is 17.1 Å². The lowest BCUT2D eigenvalue weighted by Gasteiger charge is -2.32. The molecule has 67 heavy (non-hydrogen) atoms. The summed E-state index contributed by atoms with van der Waals surface area (Å²) in [5, 5.41) is 4.21. The van der Waals surface area contributed by atoms with Gasteiger partial charge in [0.2, 0.25) is 0 Å². The second kappa shape index (κ2) is 13.1. The Morgan fingerprint density at radius 1 is 0.343 bits per heavy atom. The van der Waals surface area contributed by atoms with Crippen molar-refractivity contribution in [1.29, 1.82) is 0 Å². The van der Waals surface area contributed by atoms with E-state index in [1.165, 1.54) is 66.8 Å². The molecule has 0 bridgehead atoms. The van der Waals surface area contributed by atoms with Crippen molar-refractivity contribution >= 4 is 60.9 Å². The Bertz CT molecular complexity index is 4030. The van der Waals surface area contributed by atoms with Gasteiger partial charge in [0.05, 0.1) is 11.1 Å². The van der Waals surface area contributed by atoms with E-state index in [-0.39, 0.29) is 5.41 Å². The highest BCUT2D eigenvalue weighted by Crippen LogP contribution is 2.63. The zero-order valence-corrected chi connectivity index (χ0v) is 37.0. The number of nitrogens with zero attached hydrogens (tertiary/aromatic N) is 1. The number of fused-ring (bicyclic) bond motifs is 19. The Balaban J connectivity index is 0.995. The largest absolute Gasteiger partial charge is 0.456 e. The summed E-state index contributed by atoms with van der Waals surface area (Å²) in [6.45, 7) is 4.72. The smallest absolute Gasteiger partial charge is 0.159 e. The number of para-hydroxylation sites is 1. The molecule has 0 saturated heterocycles. The molecule has 0 atom stereocenters. The first kappa shape index (κ1) is 36.9. The lowest BCUT2D eigenvalue weighted by atomic mass is 9.70. The van der Waals surface area contributed by atoms with Crippen LogP contribution >= 0.6 is 0 Å². The van der Waals surface area contributed by atoms with Gasteiger partial charge in [-0.1, -0.05) is 178 Å². The van der Waals surface area contributed by atoms with E-state index in [0.717, 1.165) is 72.1 Å². The van der Waals surface area contributed by atoms with Crippen LogP contribution in [0.15, 0.2) is 221 Å². The summed E-state index contributed by atoms with van der Waals surface area (Å²) in [6.07, 6.45) is 0. The van der Waals surface area contributed by atoms with Gasteiger partial charge in [-0.2, -0.15) is 0 Å². The highest BCUT2D eigenvalue weighted by Gasteiger charge is 2.51.